The highest BCUT2D eigenvalue weighted by Gasteiger charge is 2.08. The first-order valence-corrected chi connectivity index (χ1v) is 6.72. The average Bonchev–Trinajstić information content (AvgIpc) is 2.49. The molecule has 1 amide bonds. The Labute approximate surface area is 123 Å². The fraction of sp³-hybridized carbons (Fsp3) is 0.235. The predicted molar refractivity (Wildman–Crippen MR) is 79.5 cm³/mol. The van der Waals surface area contributed by atoms with Gasteiger partial charge in [0.25, 0.3) is 5.91 Å². The maximum Gasteiger partial charge on any atom is 0.251 e. The Balaban J connectivity index is 2.05. The van der Waals surface area contributed by atoms with Crippen molar-refractivity contribution < 1.29 is 13.9 Å². The summed E-state index contributed by atoms with van der Waals surface area (Å²) < 4.78 is 18.3. The lowest BCUT2D eigenvalue weighted by molar-refractivity contribution is 0.0950. The fourth-order valence-corrected chi connectivity index (χ4v) is 2.09. The van der Waals surface area contributed by atoms with Gasteiger partial charge < -0.3 is 10.1 Å². The number of carbonyl (C=O) groups is 1. The summed E-state index contributed by atoms with van der Waals surface area (Å²) in [6.07, 6.45) is 0. The van der Waals surface area contributed by atoms with E-state index in [1.807, 2.05) is 24.3 Å². The number of hydrogen-bond donors (Lipinski definition) is 1. The Morgan fingerprint density at radius 1 is 1.19 bits per heavy atom. The topological polar surface area (TPSA) is 38.3 Å². The molecule has 1 N–H and O–H groups in total. The Morgan fingerprint density at radius 3 is 2.57 bits per heavy atom. The smallest absolute Gasteiger partial charge is 0.251 e. The van der Waals surface area contributed by atoms with Gasteiger partial charge in [-0.05, 0) is 41.8 Å². The van der Waals surface area contributed by atoms with Crippen molar-refractivity contribution in [3.8, 4) is 0 Å². The third kappa shape index (κ3) is 3.89. The molecule has 0 bridgehead atoms. The summed E-state index contributed by atoms with van der Waals surface area (Å²) >= 11 is 0. The van der Waals surface area contributed by atoms with Gasteiger partial charge in [0.05, 0.1) is 6.61 Å². The van der Waals surface area contributed by atoms with Crippen LogP contribution in [0.2, 0.25) is 0 Å². The van der Waals surface area contributed by atoms with Gasteiger partial charge in [0.15, 0.2) is 0 Å². The molecule has 0 unspecified atom stereocenters. The second kappa shape index (κ2) is 6.99. The summed E-state index contributed by atoms with van der Waals surface area (Å²) in [7, 11) is 1.64. The van der Waals surface area contributed by atoms with E-state index in [2.05, 4.69) is 5.32 Å². The highest BCUT2D eigenvalue weighted by atomic mass is 19.1. The van der Waals surface area contributed by atoms with E-state index < -0.39 is 0 Å². The molecule has 0 aliphatic rings. The van der Waals surface area contributed by atoms with Gasteiger partial charge in [0.2, 0.25) is 0 Å². The number of rotatable bonds is 5. The number of methoxy groups -OCH3 is 1. The van der Waals surface area contributed by atoms with Crippen LogP contribution in [0.1, 0.15) is 27.0 Å². The highest BCUT2D eigenvalue weighted by Crippen LogP contribution is 2.12. The Kier molecular flexibility index (Phi) is 5.06. The van der Waals surface area contributed by atoms with Crippen LogP contribution in [0.4, 0.5) is 4.39 Å². The minimum Gasteiger partial charge on any atom is -0.380 e. The summed E-state index contributed by atoms with van der Waals surface area (Å²) in [5, 5.41) is 2.84. The van der Waals surface area contributed by atoms with E-state index in [0.717, 1.165) is 11.1 Å². The van der Waals surface area contributed by atoms with Crippen LogP contribution in [-0.4, -0.2) is 13.0 Å². The van der Waals surface area contributed by atoms with E-state index in [-0.39, 0.29) is 11.7 Å². The molecule has 0 fully saturated rings. The number of ether oxygens (including phenoxy) is 1. The zero-order valence-electron chi connectivity index (χ0n) is 12.2. The molecule has 0 heterocycles. The molecule has 110 valence electrons. The van der Waals surface area contributed by atoms with E-state index in [4.69, 9.17) is 4.74 Å². The normalized spacial score (nSPS) is 10.4. The van der Waals surface area contributed by atoms with Crippen LogP contribution < -0.4 is 5.32 Å². The number of nitrogens with one attached hydrogen (secondary N) is 1. The van der Waals surface area contributed by atoms with Crippen molar-refractivity contribution in [1.29, 1.82) is 0 Å². The van der Waals surface area contributed by atoms with Gasteiger partial charge in [-0.2, -0.15) is 0 Å². The molecule has 0 saturated heterocycles. The number of halogens is 1. The largest absolute Gasteiger partial charge is 0.380 e. The first-order valence-electron chi connectivity index (χ1n) is 6.72. The highest BCUT2D eigenvalue weighted by molar-refractivity contribution is 5.94. The van der Waals surface area contributed by atoms with Gasteiger partial charge >= 0.3 is 0 Å². The quantitative estimate of drug-likeness (QED) is 0.917. The summed E-state index contributed by atoms with van der Waals surface area (Å²) in [5.74, 6) is -0.526. The number of hydrogen-bond acceptors (Lipinski definition) is 2. The number of benzene rings is 2. The molecule has 2 rings (SSSR count). The summed E-state index contributed by atoms with van der Waals surface area (Å²) in [6.45, 7) is 2.55. The molecular formula is C17H18FNO2. The molecule has 0 aliphatic carbocycles. The number of aryl methyl sites for hydroxylation is 1. The zero-order valence-corrected chi connectivity index (χ0v) is 12.2. The van der Waals surface area contributed by atoms with Gasteiger partial charge in [-0.15, -0.1) is 0 Å². The first-order chi connectivity index (χ1) is 10.1. The Hall–Kier alpha value is -2.20. The molecule has 3 nitrogen and oxygen atoms in total. The summed E-state index contributed by atoms with van der Waals surface area (Å²) in [5.41, 5.74) is 2.96. The third-order valence-electron chi connectivity index (χ3n) is 3.28. The first kappa shape index (κ1) is 15.2. The van der Waals surface area contributed by atoms with Crippen molar-refractivity contribution >= 4 is 5.91 Å². The second-order valence-electron chi connectivity index (χ2n) is 4.85. The fourth-order valence-electron chi connectivity index (χ4n) is 2.09. The molecule has 2 aromatic carbocycles. The van der Waals surface area contributed by atoms with Crippen LogP contribution in [0.5, 0.6) is 0 Å². The maximum atomic E-state index is 13.2. The SMILES string of the molecule is COCc1ccccc1CNC(=O)c1ccc(F)c(C)c1. The van der Waals surface area contributed by atoms with Crippen LogP contribution in [0.15, 0.2) is 42.5 Å². The van der Waals surface area contributed by atoms with E-state index in [0.29, 0.717) is 24.3 Å². The molecule has 0 atom stereocenters. The van der Waals surface area contributed by atoms with E-state index in [1.54, 1.807) is 20.1 Å². The molecule has 0 aromatic heterocycles. The molecule has 4 heteroatoms. The van der Waals surface area contributed by atoms with Crippen LogP contribution in [0.25, 0.3) is 0 Å². The van der Waals surface area contributed by atoms with Crippen molar-refractivity contribution in [1.82, 2.24) is 5.32 Å². The van der Waals surface area contributed by atoms with Gasteiger partial charge in [-0.25, -0.2) is 4.39 Å². The van der Waals surface area contributed by atoms with Gasteiger partial charge in [-0.1, -0.05) is 24.3 Å². The van der Waals surface area contributed by atoms with Crippen molar-refractivity contribution in [2.75, 3.05) is 7.11 Å². The maximum absolute atomic E-state index is 13.2. The monoisotopic (exact) mass is 287 g/mol. The van der Waals surface area contributed by atoms with Crippen LogP contribution in [0.3, 0.4) is 0 Å². The zero-order chi connectivity index (χ0) is 15.2. The molecule has 21 heavy (non-hydrogen) atoms. The second-order valence-corrected chi connectivity index (χ2v) is 4.85. The Morgan fingerprint density at radius 2 is 1.90 bits per heavy atom. The van der Waals surface area contributed by atoms with Crippen LogP contribution >= 0.6 is 0 Å². The average molecular weight is 287 g/mol. The van der Waals surface area contributed by atoms with E-state index in [1.165, 1.54) is 12.1 Å². The molecular weight excluding hydrogens is 269 g/mol. The number of amides is 1. The van der Waals surface area contributed by atoms with Crippen LogP contribution in [0, 0.1) is 12.7 Å². The standard InChI is InChI=1S/C17H18FNO2/c1-12-9-13(7-8-16(12)18)17(20)19-10-14-5-3-4-6-15(14)11-21-2/h3-9H,10-11H2,1-2H3,(H,19,20). The van der Waals surface area contributed by atoms with Crippen LogP contribution in [-0.2, 0) is 17.9 Å². The molecule has 0 saturated carbocycles. The van der Waals surface area contributed by atoms with Gasteiger partial charge in [-0.3, -0.25) is 4.79 Å². The molecule has 2 aromatic rings. The number of carbonyl (C=O) groups excluding carboxylic acids is 1. The summed E-state index contributed by atoms with van der Waals surface area (Å²) in [4.78, 5) is 12.1. The molecule has 0 aliphatic heterocycles. The summed E-state index contributed by atoms with van der Waals surface area (Å²) in [6, 6.07) is 12.1. The third-order valence-corrected chi connectivity index (χ3v) is 3.28. The van der Waals surface area contributed by atoms with Gasteiger partial charge in [0, 0.05) is 19.2 Å². The Bertz CT molecular complexity index is 640. The minimum absolute atomic E-state index is 0.217. The van der Waals surface area contributed by atoms with E-state index in [9.17, 15) is 9.18 Å². The lowest BCUT2D eigenvalue weighted by Crippen LogP contribution is -2.23. The lowest BCUT2D eigenvalue weighted by atomic mass is 10.1. The van der Waals surface area contributed by atoms with Crippen molar-refractivity contribution in [2.24, 2.45) is 0 Å². The lowest BCUT2D eigenvalue weighted by Gasteiger charge is -2.10. The minimum atomic E-state index is -0.308. The van der Waals surface area contributed by atoms with Crippen molar-refractivity contribution in [2.45, 2.75) is 20.1 Å². The molecule has 0 spiro atoms. The predicted octanol–water partition coefficient (Wildman–Crippen LogP) is 3.21. The van der Waals surface area contributed by atoms with Crippen molar-refractivity contribution in [3.63, 3.8) is 0 Å². The van der Waals surface area contributed by atoms with E-state index >= 15 is 0 Å². The van der Waals surface area contributed by atoms with Crippen molar-refractivity contribution in [3.05, 3.63) is 70.5 Å². The molecule has 0 radical (unpaired) electrons. The van der Waals surface area contributed by atoms with Gasteiger partial charge in [0.1, 0.15) is 5.82 Å².